The fraction of sp³-hybridized carbons (Fsp3) is 0.458. The Labute approximate surface area is 193 Å². The van der Waals surface area contributed by atoms with Crippen LogP contribution >= 0.6 is 11.6 Å². The number of β-amino-alcohol motifs (C(OH)–C–C–N with tert-alkyl or cyclic N) is 1. The number of nitrogens with one attached hydrogen (secondary N) is 1. The first-order valence-corrected chi connectivity index (χ1v) is 11.2. The summed E-state index contributed by atoms with van der Waals surface area (Å²) in [6.45, 7) is 6.04. The summed E-state index contributed by atoms with van der Waals surface area (Å²) < 4.78 is 16.6. The van der Waals surface area contributed by atoms with Crippen LogP contribution in [0, 0.1) is 13.8 Å². The lowest BCUT2D eigenvalue weighted by Crippen LogP contribution is -2.53. The Hall–Kier alpha value is -2.48. The molecule has 1 amide bonds. The van der Waals surface area contributed by atoms with Gasteiger partial charge in [0.05, 0.1) is 6.54 Å². The molecule has 0 aliphatic carbocycles. The molecule has 1 saturated heterocycles. The van der Waals surface area contributed by atoms with E-state index in [1.54, 1.807) is 0 Å². The summed E-state index contributed by atoms with van der Waals surface area (Å²) in [6.07, 6.45) is 1.43. The van der Waals surface area contributed by atoms with Crippen LogP contribution in [0.1, 0.15) is 29.5 Å². The second-order valence-corrected chi connectivity index (χ2v) is 9.04. The fourth-order valence-electron chi connectivity index (χ4n) is 4.18. The van der Waals surface area contributed by atoms with Crippen LogP contribution in [0.2, 0.25) is 5.02 Å². The summed E-state index contributed by atoms with van der Waals surface area (Å²) in [5.74, 6) is 2.02. The van der Waals surface area contributed by atoms with Gasteiger partial charge in [0.2, 0.25) is 12.7 Å². The van der Waals surface area contributed by atoms with E-state index in [0.29, 0.717) is 31.0 Å². The zero-order valence-electron chi connectivity index (χ0n) is 18.4. The number of hydrogen-bond donors (Lipinski definition) is 2. The molecule has 1 atom stereocenters. The molecule has 2 aromatic carbocycles. The highest BCUT2D eigenvalue weighted by Gasteiger charge is 2.34. The average molecular weight is 461 g/mol. The standard InChI is InChI=1S/C24H29ClN2O5/c1-16-8-19(9-17(2)23(16)25)30-14-24(29)6-3-7-27(13-24)12-22(28)26-11-18-4-5-20-21(10-18)32-15-31-20/h4-5,8-10,29H,3,6-7,11-15H2,1-2H3,(H,26,28)/t24-/m1/s1. The number of halogens is 1. The van der Waals surface area contributed by atoms with E-state index < -0.39 is 5.60 Å². The van der Waals surface area contributed by atoms with Crippen molar-refractivity contribution in [3.05, 3.63) is 52.0 Å². The van der Waals surface area contributed by atoms with Crippen LogP contribution in [0.4, 0.5) is 0 Å². The van der Waals surface area contributed by atoms with Crippen molar-refractivity contribution in [2.75, 3.05) is 33.0 Å². The molecule has 172 valence electrons. The van der Waals surface area contributed by atoms with Gasteiger partial charge in [0, 0.05) is 18.1 Å². The minimum Gasteiger partial charge on any atom is -0.491 e. The molecule has 2 heterocycles. The van der Waals surface area contributed by atoms with Crippen molar-refractivity contribution in [3.63, 3.8) is 0 Å². The maximum absolute atomic E-state index is 12.5. The number of piperidine rings is 1. The third-order valence-corrected chi connectivity index (χ3v) is 6.44. The minimum atomic E-state index is -1.00. The molecule has 0 saturated carbocycles. The van der Waals surface area contributed by atoms with Gasteiger partial charge in [0.25, 0.3) is 0 Å². The third kappa shape index (κ3) is 5.46. The second kappa shape index (κ2) is 9.57. The van der Waals surface area contributed by atoms with Crippen molar-refractivity contribution in [2.24, 2.45) is 0 Å². The summed E-state index contributed by atoms with van der Waals surface area (Å²) in [5.41, 5.74) is 1.83. The number of aryl methyl sites for hydroxylation is 2. The normalized spacial score (nSPS) is 20.2. The maximum Gasteiger partial charge on any atom is 0.234 e. The monoisotopic (exact) mass is 460 g/mol. The van der Waals surface area contributed by atoms with Gasteiger partial charge in [-0.25, -0.2) is 0 Å². The molecule has 8 heteroatoms. The predicted octanol–water partition coefficient (Wildman–Crippen LogP) is 3.21. The van der Waals surface area contributed by atoms with Crippen LogP contribution in [0.25, 0.3) is 0 Å². The maximum atomic E-state index is 12.5. The van der Waals surface area contributed by atoms with Crippen LogP contribution in [-0.2, 0) is 11.3 Å². The molecule has 4 rings (SSSR count). The molecule has 0 bridgehead atoms. The number of benzene rings is 2. The summed E-state index contributed by atoms with van der Waals surface area (Å²) in [5, 5.41) is 14.7. The lowest BCUT2D eigenvalue weighted by molar-refractivity contribution is -0.124. The number of amides is 1. The lowest BCUT2D eigenvalue weighted by Gasteiger charge is -2.38. The quantitative estimate of drug-likeness (QED) is 0.660. The first kappa shape index (κ1) is 22.7. The summed E-state index contributed by atoms with van der Waals surface area (Å²) in [7, 11) is 0. The van der Waals surface area contributed by atoms with Crippen molar-refractivity contribution in [1.82, 2.24) is 10.2 Å². The number of carbonyl (C=O) groups is 1. The van der Waals surface area contributed by atoms with Gasteiger partial charge in [0.1, 0.15) is 18.0 Å². The molecular weight excluding hydrogens is 432 g/mol. The van der Waals surface area contributed by atoms with Crippen LogP contribution in [0.15, 0.2) is 30.3 Å². The van der Waals surface area contributed by atoms with Gasteiger partial charge in [-0.15, -0.1) is 0 Å². The number of carbonyl (C=O) groups excluding carboxylic acids is 1. The predicted molar refractivity (Wildman–Crippen MR) is 121 cm³/mol. The molecule has 2 aliphatic heterocycles. The van der Waals surface area contributed by atoms with Gasteiger partial charge in [-0.2, -0.15) is 0 Å². The van der Waals surface area contributed by atoms with Gasteiger partial charge in [-0.05, 0) is 74.2 Å². The van der Waals surface area contributed by atoms with E-state index in [-0.39, 0.29) is 25.9 Å². The zero-order valence-corrected chi connectivity index (χ0v) is 19.2. The lowest BCUT2D eigenvalue weighted by atomic mass is 9.93. The molecule has 0 aromatic heterocycles. The van der Waals surface area contributed by atoms with Crippen molar-refractivity contribution in [2.45, 2.75) is 38.8 Å². The molecule has 2 aliphatic rings. The second-order valence-electron chi connectivity index (χ2n) is 8.66. The largest absolute Gasteiger partial charge is 0.491 e. The Morgan fingerprint density at radius 3 is 2.75 bits per heavy atom. The molecule has 0 spiro atoms. The molecular formula is C24H29ClN2O5. The first-order chi connectivity index (χ1) is 15.3. The van der Waals surface area contributed by atoms with E-state index in [1.807, 2.05) is 49.1 Å². The first-order valence-electron chi connectivity index (χ1n) is 10.8. The van der Waals surface area contributed by atoms with E-state index >= 15 is 0 Å². The molecule has 1 fully saturated rings. The highest BCUT2D eigenvalue weighted by Crippen LogP contribution is 2.32. The van der Waals surface area contributed by atoms with E-state index in [0.717, 1.165) is 40.4 Å². The number of aliphatic hydroxyl groups is 1. The topological polar surface area (TPSA) is 80.3 Å². The highest BCUT2D eigenvalue weighted by molar-refractivity contribution is 6.32. The van der Waals surface area contributed by atoms with Crippen LogP contribution < -0.4 is 19.5 Å². The van der Waals surface area contributed by atoms with Gasteiger partial charge >= 0.3 is 0 Å². The Balaban J connectivity index is 1.27. The fourth-order valence-corrected chi connectivity index (χ4v) is 4.29. The van der Waals surface area contributed by atoms with E-state index in [2.05, 4.69) is 5.32 Å². The van der Waals surface area contributed by atoms with Crippen LogP contribution in [0.3, 0.4) is 0 Å². The number of likely N-dealkylation sites (tertiary alicyclic amines) is 1. The number of hydrogen-bond acceptors (Lipinski definition) is 6. The van der Waals surface area contributed by atoms with Crippen LogP contribution in [-0.4, -0.2) is 54.5 Å². The Morgan fingerprint density at radius 1 is 1.22 bits per heavy atom. The Kier molecular flexibility index (Phi) is 6.79. The van der Waals surface area contributed by atoms with Crippen LogP contribution in [0.5, 0.6) is 17.2 Å². The molecule has 2 aromatic rings. The van der Waals surface area contributed by atoms with Gasteiger partial charge in [-0.3, -0.25) is 9.69 Å². The third-order valence-electron chi connectivity index (χ3n) is 5.85. The van der Waals surface area contributed by atoms with Crippen molar-refractivity contribution in [1.29, 1.82) is 0 Å². The molecule has 7 nitrogen and oxygen atoms in total. The van der Waals surface area contributed by atoms with Gasteiger partial charge < -0.3 is 24.6 Å². The number of fused-ring (bicyclic) bond motifs is 1. The minimum absolute atomic E-state index is 0.0863. The Morgan fingerprint density at radius 2 is 1.97 bits per heavy atom. The molecule has 0 radical (unpaired) electrons. The summed E-state index contributed by atoms with van der Waals surface area (Å²) >= 11 is 6.22. The molecule has 0 unspecified atom stereocenters. The Bertz CT molecular complexity index is 975. The summed E-state index contributed by atoms with van der Waals surface area (Å²) in [6, 6.07) is 9.38. The zero-order chi connectivity index (χ0) is 22.7. The van der Waals surface area contributed by atoms with Crippen molar-refractivity contribution < 1.29 is 24.1 Å². The van der Waals surface area contributed by atoms with Crippen molar-refractivity contribution in [3.8, 4) is 17.2 Å². The van der Waals surface area contributed by atoms with E-state index in [1.165, 1.54) is 0 Å². The van der Waals surface area contributed by atoms with Gasteiger partial charge in [-0.1, -0.05) is 17.7 Å². The van der Waals surface area contributed by atoms with E-state index in [9.17, 15) is 9.90 Å². The number of nitrogens with zero attached hydrogens (tertiary/aromatic N) is 1. The highest BCUT2D eigenvalue weighted by atomic mass is 35.5. The average Bonchev–Trinajstić information content (AvgIpc) is 3.22. The van der Waals surface area contributed by atoms with E-state index in [4.69, 9.17) is 25.8 Å². The molecule has 32 heavy (non-hydrogen) atoms. The SMILES string of the molecule is Cc1cc(OC[C@@]2(O)CCCN(CC(=O)NCc3ccc4c(c3)OCO4)C2)cc(C)c1Cl. The number of ether oxygens (including phenoxy) is 3. The van der Waals surface area contributed by atoms with Crippen molar-refractivity contribution >= 4 is 17.5 Å². The summed E-state index contributed by atoms with van der Waals surface area (Å²) in [4.78, 5) is 14.5. The smallest absolute Gasteiger partial charge is 0.234 e. The molecule has 2 N–H and O–H groups in total. The van der Waals surface area contributed by atoms with Gasteiger partial charge in [0.15, 0.2) is 11.5 Å². The number of rotatable bonds is 7.